The molecule has 8 heteroatoms. The zero-order valence-corrected chi connectivity index (χ0v) is 30.6. The third-order valence-electron chi connectivity index (χ3n) is 7.86. The summed E-state index contributed by atoms with van der Waals surface area (Å²) < 4.78 is 0. The molecule has 0 aliphatic rings. The molecule has 0 aromatic rings. The van der Waals surface area contributed by atoms with Gasteiger partial charge in [0, 0.05) is 0 Å². The predicted molar refractivity (Wildman–Crippen MR) is 186 cm³/mol. The molecule has 0 rings (SSSR count). The minimum atomic E-state index is -1.23. The van der Waals surface area contributed by atoms with E-state index in [1.807, 2.05) is 0 Å². The number of aliphatic hydroxyl groups excluding tert-OH is 2. The lowest BCUT2D eigenvalue weighted by Crippen LogP contribution is -3.00. The van der Waals surface area contributed by atoms with Crippen molar-refractivity contribution in [2.75, 3.05) is 26.2 Å². The van der Waals surface area contributed by atoms with Crippen molar-refractivity contribution in [1.82, 2.24) is 0 Å². The van der Waals surface area contributed by atoms with Crippen molar-refractivity contribution >= 4 is 0 Å². The van der Waals surface area contributed by atoms with Gasteiger partial charge in [-0.2, -0.15) is 0 Å². The zero-order chi connectivity index (χ0) is 32.5. The number of nitrogens with zero attached hydrogens (tertiary/aromatic N) is 1. The molecule has 0 aromatic heterocycles. The van der Waals surface area contributed by atoms with E-state index in [0.29, 0.717) is 0 Å². The van der Waals surface area contributed by atoms with Gasteiger partial charge in [0.25, 0.3) is 0 Å². The first-order valence-corrected chi connectivity index (χ1v) is 18.9. The molecule has 0 aliphatic carbocycles. The Morgan fingerprint density at radius 3 is 0.682 bits per heavy atom. The van der Waals surface area contributed by atoms with Crippen molar-refractivity contribution in [3.63, 3.8) is 0 Å². The molecule has 0 unspecified atom stereocenters. The topological polar surface area (TPSA) is 150 Å². The van der Waals surface area contributed by atoms with Crippen LogP contribution >= 0.6 is 0 Å². The monoisotopic (exact) mass is 656 g/mol. The Balaban J connectivity index is -0.000000623. The van der Waals surface area contributed by atoms with Crippen LogP contribution in [0.4, 0.5) is 0 Å². The van der Waals surface area contributed by atoms with Crippen molar-refractivity contribution in [3.8, 4) is 0 Å². The van der Waals surface area contributed by atoms with Crippen LogP contribution in [0.15, 0.2) is 0 Å². The molecule has 0 aromatic carbocycles. The van der Waals surface area contributed by atoms with Crippen LogP contribution in [0.2, 0.25) is 0 Å². The molecule has 0 bridgehead atoms. The van der Waals surface area contributed by atoms with Gasteiger partial charge in [-0.25, -0.2) is 0 Å². The van der Waals surface area contributed by atoms with E-state index >= 15 is 0 Å². The van der Waals surface area contributed by atoms with Gasteiger partial charge in [-0.15, -0.1) is 13.1 Å². The summed E-state index contributed by atoms with van der Waals surface area (Å²) in [5, 5.41) is 36.2. The lowest BCUT2D eigenvalue weighted by Gasteiger charge is -2.18. The third kappa shape index (κ3) is 61.1. The molecule has 0 spiro atoms. The van der Waals surface area contributed by atoms with Crippen LogP contribution in [0.25, 0.3) is 5.32 Å². The summed E-state index contributed by atoms with van der Waals surface area (Å²) in [6.07, 6.45) is 37.9. The fourth-order valence-corrected chi connectivity index (χ4v) is 4.95. The number of hydrogen-bond acceptors (Lipinski definition) is 4. The van der Waals surface area contributed by atoms with E-state index < -0.39 is 12.6 Å². The molecule has 0 heterocycles. The molecule has 10 N–H and O–H groups in total. The van der Waals surface area contributed by atoms with Crippen molar-refractivity contribution in [3.05, 3.63) is 5.32 Å². The average Bonchev–Trinajstić information content (AvgIpc) is 3.00. The van der Waals surface area contributed by atoms with Gasteiger partial charge in [0.1, 0.15) is 13.1 Å². The van der Waals surface area contributed by atoms with E-state index in [1.54, 1.807) is 0 Å². The van der Waals surface area contributed by atoms with Crippen LogP contribution in [0, 0.1) is 0 Å². The maximum Gasteiger partial charge on any atom is 0.202 e. The summed E-state index contributed by atoms with van der Waals surface area (Å²) in [6.45, 7) is 7.18. The van der Waals surface area contributed by atoms with E-state index in [1.165, 1.54) is 180 Å². The van der Waals surface area contributed by atoms with Gasteiger partial charge in [-0.05, 0) is 0 Å². The van der Waals surface area contributed by atoms with Crippen LogP contribution in [0.1, 0.15) is 194 Å². The second kappa shape index (κ2) is 49.9. The Morgan fingerprint density at radius 1 is 0.364 bits per heavy atom. The molecule has 0 saturated carbocycles. The second-order valence-corrected chi connectivity index (χ2v) is 12.4. The maximum atomic E-state index is 7.85. The van der Waals surface area contributed by atoms with Crippen LogP contribution < -0.4 is 23.9 Å². The van der Waals surface area contributed by atoms with E-state index in [2.05, 4.69) is 25.3 Å². The van der Waals surface area contributed by atoms with Crippen LogP contribution in [-0.4, -0.2) is 59.2 Å². The van der Waals surface area contributed by atoms with Crippen LogP contribution in [-0.2, 0) is 0 Å². The smallest absolute Gasteiger partial charge is 0.202 e. The van der Waals surface area contributed by atoms with E-state index in [4.69, 9.17) is 25.7 Å². The highest BCUT2D eigenvalue weighted by atomic mass is 35.5. The Hall–Kier alpha value is 0.01000. The molecule has 0 fully saturated rings. The Morgan fingerprint density at radius 2 is 0.523 bits per heavy atom. The molecular weight excluding hydrogens is 574 g/mol. The van der Waals surface area contributed by atoms with Gasteiger partial charge < -0.3 is 49.6 Å². The maximum absolute atomic E-state index is 7.85. The molecule has 0 aliphatic heterocycles. The number of hydrogen-bond donors (Lipinski definition) is 6. The highest BCUT2D eigenvalue weighted by Crippen LogP contribution is 2.15. The Kier molecular flexibility index (Phi) is 57.7. The third-order valence-corrected chi connectivity index (χ3v) is 7.86. The number of halogens is 1. The number of aliphatic hydroxyl groups is 4. The van der Waals surface area contributed by atoms with Crippen molar-refractivity contribution < 1.29 is 44.3 Å². The number of quaternary nitrogens is 2. The number of rotatable bonds is 32. The van der Waals surface area contributed by atoms with E-state index in [-0.39, 0.29) is 25.5 Å². The standard InChI is InChI=1S/C32H66N.2C2H7NO2.ClH/c1-3-5-7-9-11-13-15-17-19-21-23-25-27-29-31-33-32-30-28-26-24-22-20-18-16-14-12-10-8-6-4-2;2*3-1-2(4)5;/h3-32H2,1-2H3;2*2,4-5H,1,3H2;1H/q-1;;;/p+1. The summed E-state index contributed by atoms with van der Waals surface area (Å²) in [7, 11) is 0. The predicted octanol–water partition coefficient (Wildman–Crippen LogP) is 4.40. The SMILES string of the molecule is CCCCCCCCCCCCCCCC[N-]CCCCCCCCCCCCCCCC.[Cl-].[NH3+]CC(O)O.[NH3+]CC(O)O. The van der Waals surface area contributed by atoms with Gasteiger partial charge in [-0.1, -0.05) is 194 Å². The number of unbranched alkanes of at least 4 members (excludes halogenated alkanes) is 26. The quantitative estimate of drug-likeness (QED) is 0.0470. The van der Waals surface area contributed by atoms with Crippen molar-refractivity contribution in [1.29, 1.82) is 0 Å². The summed E-state index contributed by atoms with van der Waals surface area (Å²) in [5.74, 6) is 0. The van der Waals surface area contributed by atoms with E-state index in [9.17, 15) is 0 Å². The van der Waals surface area contributed by atoms with Crippen molar-refractivity contribution in [2.45, 2.75) is 206 Å². The summed E-state index contributed by atoms with van der Waals surface area (Å²) in [4.78, 5) is 0. The minimum absolute atomic E-state index is 0. The first kappa shape index (κ1) is 50.9. The van der Waals surface area contributed by atoms with Gasteiger partial charge in [-0.3, -0.25) is 0 Å². The van der Waals surface area contributed by atoms with Gasteiger partial charge in [0.05, 0.1) is 0 Å². The zero-order valence-electron chi connectivity index (χ0n) is 29.8. The van der Waals surface area contributed by atoms with Crippen LogP contribution in [0.3, 0.4) is 0 Å². The highest BCUT2D eigenvalue weighted by molar-refractivity contribution is 4.78. The lowest BCUT2D eigenvalue weighted by molar-refractivity contribution is -0.402. The molecule has 0 atom stereocenters. The van der Waals surface area contributed by atoms with E-state index in [0.717, 1.165) is 13.1 Å². The molecule has 0 amide bonds. The Bertz CT molecular complexity index is 412. The lowest BCUT2D eigenvalue weighted by atomic mass is 10.0. The fourth-order valence-electron chi connectivity index (χ4n) is 4.95. The van der Waals surface area contributed by atoms with Crippen LogP contribution in [0.5, 0.6) is 0 Å². The molecule has 0 radical (unpaired) electrons. The molecule has 272 valence electrons. The van der Waals surface area contributed by atoms with Gasteiger partial charge in [0.2, 0.25) is 12.6 Å². The summed E-state index contributed by atoms with van der Waals surface area (Å²) >= 11 is 0. The summed E-state index contributed by atoms with van der Waals surface area (Å²) in [6, 6.07) is 0. The second-order valence-electron chi connectivity index (χ2n) is 12.4. The normalized spacial score (nSPS) is 10.8. The molecule has 0 saturated heterocycles. The Labute approximate surface area is 281 Å². The highest BCUT2D eigenvalue weighted by Gasteiger charge is 1.95. The summed E-state index contributed by atoms with van der Waals surface area (Å²) in [5.41, 5.74) is 6.37. The van der Waals surface area contributed by atoms with Gasteiger partial charge in [0.15, 0.2) is 0 Å². The first-order chi connectivity index (χ1) is 21.0. The largest absolute Gasteiger partial charge is 1.00 e. The molecule has 7 nitrogen and oxygen atoms in total. The minimum Gasteiger partial charge on any atom is -1.00 e. The fraction of sp³-hybridized carbons (Fsp3) is 1.00. The molecule has 44 heavy (non-hydrogen) atoms. The van der Waals surface area contributed by atoms with Gasteiger partial charge >= 0.3 is 0 Å². The van der Waals surface area contributed by atoms with Crippen molar-refractivity contribution in [2.24, 2.45) is 0 Å². The average molecular weight is 657 g/mol. The first-order valence-electron chi connectivity index (χ1n) is 18.9. The molecular formula is C36H82ClN3O4.